The van der Waals surface area contributed by atoms with Gasteiger partial charge in [-0.3, -0.25) is 4.79 Å². The molecule has 4 nitrogen and oxygen atoms in total. The van der Waals surface area contributed by atoms with Crippen molar-refractivity contribution in [1.29, 1.82) is 0 Å². The van der Waals surface area contributed by atoms with Crippen molar-refractivity contribution in [3.8, 4) is 0 Å². The molecule has 1 heterocycles. The second-order valence-electron chi connectivity index (χ2n) is 2.61. The average molecular weight is 168 g/mol. The summed E-state index contributed by atoms with van der Waals surface area (Å²) in [7, 11) is 3.29. The molecule has 0 fully saturated rings. The maximum Gasteiger partial charge on any atom is 0.305 e. The highest BCUT2D eigenvalue weighted by Crippen LogP contribution is 1.99. The lowest BCUT2D eigenvalue weighted by Gasteiger charge is -1.95. The van der Waals surface area contributed by atoms with Gasteiger partial charge < -0.3 is 9.30 Å². The van der Waals surface area contributed by atoms with E-state index in [1.54, 1.807) is 6.33 Å². The maximum absolute atomic E-state index is 10.7. The molecule has 0 radical (unpaired) electrons. The van der Waals surface area contributed by atoms with Crippen molar-refractivity contribution < 1.29 is 9.53 Å². The highest BCUT2D eigenvalue weighted by Gasteiger charge is 2.02. The fraction of sp³-hybridized carbons (Fsp3) is 0.500. The molecule has 1 rings (SSSR count). The van der Waals surface area contributed by atoms with Gasteiger partial charge in [-0.15, -0.1) is 0 Å². The number of aromatic nitrogens is 2. The molecule has 0 aliphatic heterocycles. The van der Waals surface area contributed by atoms with Gasteiger partial charge in [0.25, 0.3) is 0 Å². The Morgan fingerprint density at radius 3 is 3.00 bits per heavy atom. The van der Waals surface area contributed by atoms with Gasteiger partial charge in [-0.2, -0.15) is 0 Å². The van der Waals surface area contributed by atoms with Crippen LogP contribution in [-0.2, 0) is 23.0 Å². The van der Waals surface area contributed by atoms with Crippen LogP contribution in [0.5, 0.6) is 0 Å². The molecule has 0 spiro atoms. The topological polar surface area (TPSA) is 44.1 Å². The smallest absolute Gasteiger partial charge is 0.305 e. The van der Waals surface area contributed by atoms with Gasteiger partial charge in [-0.05, 0) is 0 Å². The Morgan fingerprint density at radius 1 is 1.75 bits per heavy atom. The fourth-order valence-corrected chi connectivity index (χ4v) is 0.928. The van der Waals surface area contributed by atoms with Crippen molar-refractivity contribution in [2.75, 3.05) is 7.11 Å². The summed E-state index contributed by atoms with van der Waals surface area (Å²) in [5.74, 6) is -0.194. The molecule has 1 aromatic rings. The van der Waals surface area contributed by atoms with E-state index in [0.717, 1.165) is 5.69 Å². The molecule has 0 N–H and O–H groups in total. The molecule has 0 saturated heterocycles. The Kier molecular flexibility index (Phi) is 2.85. The van der Waals surface area contributed by atoms with Crippen LogP contribution < -0.4 is 0 Å². The van der Waals surface area contributed by atoms with Crippen molar-refractivity contribution in [3.63, 3.8) is 0 Å². The molecular weight excluding hydrogens is 156 g/mol. The number of aryl methyl sites for hydroxylation is 2. The van der Waals surface area contributed by atoms with Crippen LogP contribution in [0.25, 0.3) is 0 Å². The summed E-state index contributed by atoms with van der Waals surface area (Å²) in [6.45, 7) is 0. The van der Waals surface area contributed by atoms with Gasteiger partial charge in [0.15, 0.2) is 0 Å². The number of esters is 1. The SMILES string of the molecule is COC(=O)CCc1cn(C)cn1. The molecule has 0 atom stereocenters. The predicted molar refractivity (Wildman–Crippen MR) is 43.5 cm³/mol. The van der Waals surface area contributed by atoms with Crippen LogP contribution in [0.15, 0.2) is 12.5 Å². The predicted octanol–water partition coefficient (Wildman–Crippen LogP) is 0.526. The molecule has 0 bridgehead atoms. The summed E-state index contributed by atoms with van der Waals surface area (Å²) < 4.78 is 6.36. The van der Waals surface area contributed by atoms with E-state index in [4.69, 9.17) is 0 Å². The minimum Gasteiger partial charge on any atom is -0.469 e. The van der Waals surface area contributed by atoms with Gasteiger partial charge in [0.1, 0.15) is 0 Å². The molecule has 0 unspecified atom stereocenters. The Hall–Kier alpha value is -1.32. The number of carbonyl (C=O) groups is 1. The van der Waals surface area contributed by atoms with Crippen LogP contribution in [0.3, 0.4) is 0 Å². The van der Waals surface area contributed by atoms with Crippen LogP contribution in [0.2, 0.25) is 0 Å². The fourth-order valence-electron chi connectivity index (χ4n) is 0.928. The maximum atomic E-state index is 10.7. The zero-order valence-electron chi connectivity index (χ0n) is 7.28. The highest BCUT2D eigenvalue weighted by molar-refractivity contribution is 5.69. The summed E-state index contributed by atoms with van der Waals surface area (Å²) >= 11 is 0. The number of rotatable bonds is 3. The number of carbonyl (C=O) groups excluding carboxylic acids is 1. The van der Waals surface area contributed by atoms with Crippen molar-refractivity contribution in [2.45, 2.75) is 12.8 Å². The van der Waals surface area contributed by atoms with Crippen molar-refractivity contribution >= 4 is 5.97 Å². The third kappa shape index (κ3) is 2.38. The van der Waals surface area contributed by atoms with E-state index in [0.29, 0.717) is 12.8 Å². The van der Waals surface area contributed by atoms with Gasteiger partial charge in [0.05, 0.1) is 25.6 Å². The van der Waals surface area contributed by atoms with Crippen LogP contribution in [0.4, 0.5) is 0 Å². The number of hydrogen-bond acceptors (Lipinski definition) is 3. The monoisotopic (exact) mass is 168 g/mol. The van der Waals surface area contributed by atoms with Crippen molar-refractivity contribution in [1.82, 2.24) is 9.55 Å². The Balaban J connectivity index is 2.38. The van der Waals surface area contributed by atoms with E-state index < -0.39 is 0 Å². The third-order valence-electron chi connectivity index (χ3n) is 1.57. The van der Waals surface area contributed by atoms with E-state index in [9.17, 15) is 4.79 Å². The summed E-state index contributed by atoms with van der Waals surface area (Å²) in [4.78, 5) is 14.8. The number of methoxy groups -OCH3 is 1. The summed E-state index contributed by atoms with van der Waals surface area (Å²) in [6, 6.07) is 0. The second kappa shape index (κ2) is 3.90. The standard InChI is InChI=1S/C8H12N2O2/c1-10-5-7(9-6-10)3-4-8(11)12-2/h5-6H,3-4H2,1-2H3. The van der Waals surface area contributed by atoms with Gasteiger partial charge in [-0.1, -0.05) is 0 Å². The lowest BCUT2D eigenvalue weighted by molar-refractivity contribution is -0.140. The first-order chi connectivity index (χ1) is 5.72. The zero-order chi connectivity index (χ0) is 8.97. The van der Waals surface area contributed by atoms with Gasteiger partial charge in [0, 0.05) is 19.7 Å². The second-order valence-corrected chi connectivity index (χ2v) is 2.61. The van der Waals surface area contributed by atoms with E-state index in [1.807, 2.05) is 17.8 Å². The van der Waals surface area contributed by atoms with E-state index in [2.05, 4.69) is 9.72 Å². The number of ether oxygens (including phenoxy) is 1. The first kappa shape index (κ1) is 8.77. The molecule has 0 saturated carbocycles. The van der Waals surface area contributed by atoms with E-state index in [-0.39, 0.29) is 5.97 Å². The number of imidazole rings is 1. The summed E-state index contributed by atoms with van der Waals surface area (Å²) in [5.41, 5.74) is 0.919. The molecule has 66 valence electrons. The molecule has 12 heavy (non-hydrogen) atoms. The van der Waals surface area contributed by atoms with Crippen LogP contribution in [-0.4, -0.2) is 22.6 Å². The Bertz CT molecular complexity index is 268. The molecule has 4 heteroatoms. The lowest BCUT2D eigenvalue weighted by atomic mass is 10.2. The molecule has 0 aliphatic carbocycles. The van der Waals surface area contributed by atoms with Crippen molar-refractivity contribution in [2.24, 2.45) is 7.05 Å². The molecular formula is C8H12N2O2. The lowest BCUT2D eigenvalue weighted by Crippen LogP contribution is -2.01. The van der Waals surface area contributed by atoms with Gasteiger partial charge in [0.2, 0.25) is 0 Å². The van der Waals surface area contributed by atoms with E-state index in [1.165, 1.54) is 7.11 Å². The number of nitrogens with zero attached hydrogens (tertiary/aromatic N) is 2. The largest absolute Gasteiger partial charge is 0.469 e. The third-order valence-corrected chi connectivity index (χ3v) is 1.57. The normalized spacial score (nSPS) is 9.83. The Morgan fingerprint density at radius 2 is 2.50 bits per heavy atom. The van der Waals surface area contributed by atoms with Crippen LogP contribution >= 0.6 is 0 Å². The van der Waals surface area contributed by atoms with Crippen molar-refractivity contribution in [3.05, 3.63) is 18.2 Å². The van der Waals surface area contributed by atoms with Gasteiger partial charge >= 0.3 is 5.97 Å². The first-order valence-corrected chi connectivity index (χ1v) is 3.76. The summed E-state index contributed by atoms with van der Waals surface area (Å²) in [5, 5.41) is 0. The Labute approximate surface area is 71.2 Å². The summed E-state index contributed by atoms with van der Waals surface area (Å²) in [6.07, 6.45) is 4.65. The molecule has 0 amide bonds. The van der Waals surface area contributed by atoms with E-state index >= 15 is 0 Å². The minimum atomic E-state index is -0.194. The molecule has 0 aromatic carbocycles. The van der Waals surface area contributed by atoms with Gasteiger partial charge in [-0.25, -0.2) is 4.98 Å². The zero-order valence-corrected chi connectivity index (χ0v) is 7.28. The number of hydrogen-bond donors (Lipinski definition) is 0. The molecule has 0 aliphatic rings. The average Bonchev–Trinajstić information content (AvgIpc) is 2.47. The van der Waals surface area contributed by atoms with Crippen LogP contribution in [0.1, 0.15) is 12.1 Å². The highest BCUT2D eigenvalue weighted by atomic mass is 16.5. The molecule has 1 aromatic heterocycles. The van der Waals surface area contributed by atoms with Crippen LogP contribution in [0, 0.1) is 0 Å². The first-order valence-electron chi connectivity index (χ1n) is 3.76. The minimum absolute atomic E-state index is 0.194. The quantitative estimate of drug-likeness (QED) is 0.618.